The lowest BCUT2D eigenvalue weighted by molar-refractivity contribution is -0.142. The normalized spacial score (nSPS) is 10.4. The lowest BCUT2D eigenvalue weighted by Gasteiger charge is -2.11. The molecule has 0 amide bonds. The fraction of sp³-hybridized carbons (Fsp3) is 0.333. The molecule has 0 saturated heterocycles. The molecular weight excluding hydrogens is 282 g/mol. The van der Waals surface area contributed by atoms with E-state index in [4.69, 9.17) is 16.3 Å². The smallest absolute Gasteiger partial charge is 0.387 e. The largest absolute Gasteiger partial charge is 0.466 e. The zero-order valence-corrected chi connectivity index (χ0v) is 10.7. The first-order valence-electron chi connectivity index (χ1n) is 5.36. The molecule has 0 aliphatic carbocycles. The predicted octanol–water partition coefficient (Wildman–Crippen LogP) is 2.86. The van der Waals surface area contributed by atoms with E-state index in [0.29, 0.717) is 11.8 Å². The van der Waals surface area contributed by atoms with Crippen molar-refractivity contribution in [2.75, 3.05) is 6.61 Å². The summed E-state index contributed by atoms with van der Waals surface area (Å²) in [5.74, 6) is -0.891. The Morgan fingerprint density at radius 2 is 2.16 bits per heavy atom. The highest BCUT2D eigenvalue weighted by Crippen LogP contribution is 2.28. The summed E-state index contributed by atoms with van der Waals surface area (Å²) in [6.45, 7) is -1.24. The number of hydrogen-bond acceptors (Lipinski definition) is 4. The molecule has 1 rings (SSSR count). The van der Waals surface area contributed by atoms with Gasteiger partial charge in [-0.25, -0.2) is 0 Å². The summed E-state index contributed by atoms with van der Waals surface area (Å²) in [7, 11) is 0. The van der Waals surface area contributed by atoms with E-state index in [1.54, 1.807) is 6.92 Å². The van der Waals surface area contributed by atoms with Crippen molar-refractivity contribution in [3.8, 4) is 5.75 Å². The number of ether oxygens (including phenoxy) is 2. The van der Waals surface area contributed by atoms with E-state index in [1.165, 1.54) is 12.1 Å². The number of aldehydes is 1. The monoisotopic (exact) mass is 292 g/mol. The minimum atomic E-state index is -3.09. The van der Waals surface area contributed by atoms with Gasteiger partial charge in [-0.05, 0) is 24.6 Å². The van der Waals surface area contributed by atoms with Crippen LogP contribution in [0.1, 0.15) is 22.8 Å². The number of esters is 1. The van der Waals surface area contributed by atoms with Crippen LogP contribution in [-0.4, -0.2) is 25.5 Å². The van der Waals surface area contributed by atoms with Gasteiger partial charge in [0.1, 0.15) is 5.75 Å². The number of hydrogen-bond donors (Lipinski definition) is 0. The quantitative estimate of drug-likeness (QED) is 0.597. The molecule has 0 aromatic heterocycles. The molecule has 0 saturated carbocycles. The molecule has 0 bridgehead atoms. The molecule has 0 aliphatic rings. The summed E-state index contributed by atoms with van der Waals surface area (Å²) < 4.78 is 33.3. The highest BCUT2D eigenvalue weighted by Gasteiger charge is 2.16. The standard InChI is InChI=1S/C12H11ClF2O4/c1-2-18-11(17)5-7-3-9(13)8(6-16)10(4-7)19-12(14)15/h3-4,6,12H,2,5H2,1H3. The van der Waals surface area contributed by atoms with Crippen LogP contribution < -0.4 is 4.74 Å². The van der Waals surface area contributed by atoms with Gasteiger partial charge in [0.05, 0.1) is 23.6 Å². The maximum absolute atomic E-state index is 12.2. The SMILES string of the molecule is CCOC(=O)Cc1cc(Cl)c(C=O)c(OC(F)F)c1. The minimum Gasteiger partial charge on any atom is -0.466 e. The second kappa shape index (κ2) is 7.04. The summed E-state index contributed by atoms with van der Waals surface area (Å²) in [6, 6.07) is 2.50. The highest BCUT2D eigenvalue weighted by molar-refractivity contribution is 6.33. The first-order chi connectivity index (χ1) is 8.97. The highest BCUT2D eigenvalue weighted by atomic mass is 35.5. The zero-order valence-electron chi connectivity index (χ0n) is 9.99. The lowest BCUT2D eigenvalue weighted by atomic mass is 10.1. The Kier molecular flexibility index (Phi) is 5.69. The second-order valence-corrected chi connectivity index (χ2v) is 3.87. The van der Waals surface area contributed by atoms with Crippen LogP contribution >= 0.6 is 11.6 Å². The number of alkyl halides is 2. The van der Waals surface area contributed by atoms with Crippen molar-refractivity contribution < 1.29 is 27.8 Å². The molecule has 1 aromatic rings. The van der Waals surface area contributed by atoms with Crippen molar-refractivity contribution in [1.29, 1.82) is 0 Å². The second-order valence-electron chi connectivity index (χ2n) is 3.47. The predicted molar refractivity (Wildman–Crippen MR) is 63.8 cm³/mol. The molecule has 0 unspecified atom stereocenters. The Labute approximate surface area is 113 Å². The molecule has 0 atom stereocenters. The summed E-state index contributed by atoms with van der Waals surface area (Å²) >= 11 is 5.77. The van der Waals surface area contributed by atoms with Crippen molar-refractivity contribution in [2.24, 2.45) is 0 Å². The molecule has 0 N–H and O–H groups in total. The fourth-order valence-corrected chi connectivity index (χ4v) is 1.71. The minimum absolute atomic E-state index is 0.0625. The fourth-order valence-electron chi connectivity index (χ4n) is 1.43. The van der Waals surface area contributed by atoms with Crippen LogP contribution in [0.25, 0.3) is 0 Å². The van der Waals surface area contributed by atoms with Gasteiger partial charge in [-0.15, -0.1) is 0 Å². The van der Waals surface area contributed by atoms with Crippen molar-refractivity contribution in [3.05, 3.63) is 28.3 Å². The number of benzene rings is 1. The average Bonchev–Trinajstić information content (AvgIpc) is 2.27. The van der Waals surface area contributed by atoms with Gasteiger partial charge in [-0.1, -0.05) is 11.6 Å². The Balaban J connectivity index is 3.04. The van der Waals surface area contributed by atoms with Gasteiger partial charge in [0.2, 0.25) is 0 Å². The molecule has 104 valence electrons. The van der Waals surface area contributed by atoms with Gasteiger partial charge in [-0.3, -0.25) is 9.59 Å². The van der Waals surface area contributed by atoms with Gasteiger partial charge in [0.25, 0.3) is 0 Å². The third kappa shape index (κ3) is 4.48. The van der Waals surface area contributed by atoms with Gasteiger partial charge >= 0.3 is 12.6 Å². The van der Waals surface area contributed by atoms with Gasteiger partial charge in [-0.2, -0.15) is 8.78 Å². The molecule has 0 radical (unpaired) electrons. The average molecular weight is 293 g/mol. The first kappa shape index (κ1) is 15.4. The third-order valence-corrected chi connectivity index (χ3v) is 2.45. The van der Waals surface area contributed by atoms with E-state index >= 15 is 0 Å². The number of rotatable bonds is 6. The van der Waals surface area contributed by atoms with E-state index in [9.17, 15) is 18.4 Å². The van der Waals surface area contributed by atoms with Crippen molar-refractivity contribution >= 4 is 23.9 Å². The number of carbonyl (C=O) groups is 2. The van der Waals surface area contributed by atoms with Crippen LogP contribution in [0.2, 0.25) is 5.02 Å². The summed E-state index contributed by atoms with van der Waals surface area (Å²) in [6.07, 6.45) is 0.167. The Morgan fingerprint density at radius 3 is 2.68 bits per heavy atom. The lowest BCUT2D eigenvalue weighted by Crippen LogP contribution is -2.09. The van der Waals surface area contributed by atoms with Crippen LogP contribution in [0, 0.1) is 0 Å². The number of carbonyl (C=O) groups excluding carboxylic acids is 2. The van der Waals surface area contributed by atoms with Crippen LogP contribution in [0.15, 0.2) is 12.1 Å². The molecule has 7 heteroatoms. The maximum Gasteiger partial charge on any atom is 0.387 e. The molecule has 0 fully saturated rings. The summed E-state index contributed by atoms with van der Waals surface area (Å²) in [5, 5.41) is -0.0625. The molecule has 19 heavy (non-hydrogen) atoms. The Hall–Kier alpha value is -1.69. The first-order valence-corrected chi connectivity index (χ1v) is 5.73. The number of halogens is 3. The van der Waals surface area contributed by atoms with Crippen molar-refractivity contribution in [2.45, 2.75) is 20.0 Å². The maximum atomic E-state index is 12.2. The summed E-state index contributed by atoms with van der Waals surface area (Å²) in [5.41, 5.74) is 0.138. The molecular formula is C12H11ClF2O4. The van der Waals surface area contributed by atoms with E-state index < -0.39 is 12.6 Å². The molecule has 0 aliphatic heterocycles. The van der Waals surface area contributed by atoms with E-state index in [2.05, 4.69) is 4.74 Å². The molecule has 0 spiro atoms. The molecule has 1 aromatic carbocycles. The molecule has 4 nitrogen and oxygen atoms in total. The van der Waals surface area contributed by atoms with E-state index in [0.717, 1.165) is 0 Å². The topological polar surface area (TPSA) is 52.6 Å². The van der Waals surface area contributed by atoms with E-state index in [-0.39, 0.29) is 29.4 Å². The van der Waals surface area contributed by atoms with Crippen molar-refractivity contribution in [3.63, 3.8) is 0 Å². The van der Waals surface area contributed by atoms with Crippen LogP contribution in [0.4, 0.5) is 8.78 Å². The zero-order chi connectivity index (χ0) is 14.4. The van der Waals surface area contributed by atoms with E-state index in [1.807, 2.05) is 0 Å². The van der Waals surface area contributed by atoms with Crippen LogP contribution in [0.5, 0.6) is 5.75 Å². The van der Waals surface area contributed by atoms with Gasteiger partial charge < -0.3 is 9.47 Å². The van der Waals surface area contributed by atoms with Crippen LogP contribution in [0.3, 0.4) is 0 Å². The third-order valence-electron chi connectivity index (χ3n) is 2.14. The Bertz CT molecular complexity index is 477. The van der Waals surface area contributed by atoms with Crippen molar-refractivity contribution in [1.82, 2.24) is 0 Å². The van der Waals surface area contributed by atoms with Gasteiger partial charge in [0, 0.05) is 0 Å². The molecule has 0 heterocycles. The Morgan fingerprint density at radius 1 is 1.47 bits per heavy atom. The van der Waals surface area contributed by atoms with Crippen LogP contribution in [-0.2, 0) is 16.0 Å². The van der Waals surface area contributed by atoms with Gasteiger partial charge in [0.15, 0.2) is 6.29 Å². The summed E-state index contributed by atoms with van der Waals surface area (Å²) in [4.78, 5) is 22.1.